The summed E-state index contributed by atoms with van der Waals surface area (Å²) in [5.74, 6) is 1.21. The van der Waals surface area contributed by atoms with Crippen molar-refractivity contribution in [1.29, 1.82) is 0 Å². The van der Waals surface area contributed by atoms with Gasteiger partial charge in [0.2, 0.25) is 6.23 Å². The Hall–Kier alpha value is -4.40. The van der Waals surface area contributed by atoms with Gasteiger partial charge in [0.05, 0.1) is 40.2 Å². The summed E-state index contributed by atoms with van der Waals surface area (Å²) in [7, 11) is 6.06. The number of aromatic carboxylic acids is 1. The number of hydrogen-bond acceptors (Lipinski definition) is 8. The molecule has 0 amide bonds. The lowest BCUT2D eigenvalue weighted by Gasteiger charge is -2.38. The Balaban J connectivity index is 1.65. The number of methoxy groups -OCH3 is 4. The van der Waals surface area contributed by atoms with Crippen molar-refractivity contribution in [1.82, 2.24) is 5.01 Å². The summed E-state index contributed by atoms with van der Waals surface area (Å²) >= 11 is 0. The molecule has 3 aromatic carbocycles. The van der Waals surface area contributed by atoms with Gasteiger partial charge in [-0.2, -0.15) is 5.10 Å². The summed E-state index contributed by atoms with van der Waals surface area (Å²) in [6.45, 7) is 0. The van der Waals surface area contributed by atoms with Gasteiger partial charge in [0.25, 0.3) is 0 Å². The van der Waals surface area contributed by atoms with Gasteiger partial charge in [0.15, 0.2) is 23.0 Å². The van der Waals surface area contributed by atoms with Crippen LogP contribution in [-0.4, -0.2) is 50.2 Å². The average molecular weight is 491 g/mol. The molecule has 2 atom stereocenters. The minimum absolute atomic E-state index is 0.0326. The van der Waals surface area contributed by atoms with Crippen LogP contribution in [0.1, 0.15) is 45.7 Å². The topological polar surface area (TPSA) is 99.1 Å². The maximum atomic E-state index is 12.4. The minimum atomic E-state index is -1.15. The molecule has 5 rings (SSSR count). The van der Waals surface area contributed by atoms with E-state index in [1.165, 1.54) is 14.2 Å². The van der Waals surface area contributed by atoms with Crippen molar-refractivity contribution in [2.75, 3.05) is 28.4 Å². The number of carbonyl (C=O) groups is 1. The molecule has 1 N–H and O–H groups in total. The standard InChI is InChI=1S/C27H26N2O7/c1-32-21-11-9-15(13-23(21)34-3)18-14-19-16-7-5-6-8-20(16)36-26(29(19)28-18)17-10-12-22(33-2)25(35-4)24(17)27(30)31/h5-13,19,26H,14H2,1-4H3,(H,30,31). The highest BCUT2D eigenvalue weighted by Crippen LogP contribution is 2.49. The number of hydrogen-bond donors (Lipinski definition) is 1. The molecule has 3 aromatic rings. The van der Waals surface area contributed by atoms with Gasteiger partial charge in [-0.25, -0.2) is 9.80 Å². The maximum Gasteiger partial charge on any atom is 0.340 e. The Labute approximate surface area is 208 Å². The molecule has 0 aromatic heterocycles. The van der Waals surface area contributed by atoms with Gasteiger partial charge in [-0.3, -0.25) is 0 Å². The third kappa shape index (κ3) is 3.73. The fraction of sp³-hybridized carbons (Fsp3) is 0.259. The molecule has 0 radical (unpaired) electrons. The molecule has 0 fully saturated rings. The number of hydrazone groups is 1. The number of rotatable bonds is 7. The van der Waals surface area contributed by atoms with E-state index in [1.807, 2.05) is 47.5 Å². The number of para-hydroxylation sites is 1. The van der Waals surface area contributed by atoms with Crippen LogP contribution in [-0.2, 0) is 0 Å². The van der Waals surface area contributed by atoms with E-state index in [9.17, 15) is 9.90 Å². The van der Waals surface area contributed by atoms with E-state index in [0.29, 0.717) is 35.0 Å². The summed E-state index contributed by atoms with van der Waals surface area (Å²) in [6, 6.07) is 16.6. The zero-order valence-electron chi connectivity index (χ0n) is 20.3. The van der Waals surface area contributed by atoms with Crippen LogP contribution in [0, 0.1) is 0 Å². The molecule has 0 bridgehead atoms. The Morgan fingerprint density at radius 3 is 2.33 bits per heavy atom. The third-order valence-electron chi connectivity index (χ3n) is 6.47. The van der Waals surface area contributed by atoms with Crippen molar-refractivity contribution in [2.45, 2.75) is 18.7 Å². The second-order valence-electron chi connectivity index (χ2n) is 8.29. The van der Waals surface area contributed by atoms with E-state index in [-0.39, 0.29) is 17.4 Å². The molecule has 0 aliphatic carbocycles. The first kappa shape index (κ1) is 23.3. The maximum absolute atomic E-state index is 12.4. The van der Waals surface area contributed by atoms with Crippen LogP contribution in [0.2, 0.25) is 0 Å². The molecule has 36 heavy (non-hydrogen) atoms. The molecule has 9 nitrogen and oxygen atoms in total. The summed E-state index contributed by atoms with van der Waals surface area (Å²) in [6.07, 6.45) is -0.198. The Morgan fingerprint density at radius 1 is 0.917 bits per heavy atom. The predicted molar refractivity (Wildman–Crippen MR) is 132 cm³/mol. The lowest BCUT2D eigenvalue weighted by Crippen LogP contribution is -2.34. The van der Waals surface area contributed by atoms with E-state index in [2.05, 4.69) is 0 Å². The number of carboxylic acids is 1. The monoisotopic (exact) mass is 490 g/mol. The molecular formula is C27H26N2O7. The van der Waals surface area contributed by atoms with Crippen LogP contribution in [0.25, 0.3) is 0 Å². The molecule has 2 aliphatic heterocycles. The summed E-state index contributed by atoms with van der Waals surface area (Å²) in [5.41, 5.74) is 3.06. The SMILES string of the molecule is COc1ccc(C2=NN3C(C2)c2ccccc2OC3c2ccc(OC)c(OC)c2C(=O)O)cc1OC. The number of fused-ring (bicyclic) bond motifs is 3. The normalized spacial score (nSPS) is 17.9. The van der Waals surface area contributed by atoms with Crippen LogP contribution in [0.3, 0.4) is 0 Å². The first-order valence-corrected chi connectivity index (χ1v) is 11.3. The number of carboxylic acid groups (broad SMARTS) is 1. The van der Waals surface area contributed by atoms with Gasteiger partial charge in [-0.1, -0.05) is 18.2 Å². The molecular weight excluding hydrogens is 464 g/mol. The fourth-order valence-electron chi connectivity index (χ4n) is 4.80. The zero-order chi connectivity index (χ0) is 25.4. The lowest BCUT2D eigenvalue weighted by atomic mass is 9.95. The first-order chi connectivity index (χ1) is 17.5. The van der Waals surface area contributed by atoms with Crippen molar-refractivity contribution < 1.29 is 33.6 Å². The molecule has 186 valence electrons. The Kier molecular flexibility index (Phi) is 6.05. The summed E-state index contributed by atoms with van der Waals surface area (Å²) in [5, 5.41) is 16.9. The van der Waals surface area contributed by atoms with E-state index < -0.39 is 12.2 Å². The van der Waals surface area contributed by atoms with Crippen LogP contribution in [0.4, 0.5) is 0 Å². The van der Waals surface area contributed by atoms with Crippen molar-refractivity contribution in [3.8, 4) is 28.7 Å². The zero-order valence-corrected chi connectivity index (χ0v) is 20.3. The largest absolute Gasteiger partial charge is 0.493 e. The fourth-order valence-corrected chi connectivity index (χ4v) is 4.80. The summed E-state index contributed by atoms with van der Waals surface area (Å²) < 4.78 is 28.0. The highest BCUT2D eigenvalue weighted by molar-refractivity contribution is 6.02. The van der Waals surface area contributed by atoms with Gasteiger partial charge < -0.3 is 28.8 Å². The number of nitrogens with zero attached hydrogens (tertiary/aromatic N) is 2. The van der Waals surface area contributed by atoms with Crippen molar-refractivity contribution in [3.05, 3.63) is 76.9 Å². The van der Waals surface area contributed by atoms with Gasteiger partial charge in [-0.15, -0.1) is 0 Å². The van der Waals surface area contributed by atoms with Crippen LogP contribution < -0.4 is 23.7 Å². The molecule has 2 heterocycles. The van der Waals surface area contributed by atoms with Gasteiger partial charge >= 0.3 is 5.97 Å². The molecule has 2 aliphatic rings. The van der Waals surface area contributed by atoms with Crippen LogP contribution in [0.15, 0.2) is 59.7 Å². The number of ether oxygens (including phenoxy) is 5. The second-order valence-corrected chi connectivity index (χ2v) is 8.29. The summed E-state index contributed by atoms with van der Waals surface area (Å²) in [4.78, 5) is 12.4. The van der Waals surface area contributed by atoms with E-state index in [4.69, 9.17) is 28.8 Å². The van der Waals surface area contributed by atoms with Crippen LogP contribution in [0.5, 0.6) is 28.7 Å². The Bertz CT molecular complexity index is 1350. The Morgan fingerprint density at radius 2 is 1.64 bits per heavy atom. The lowest BCUT2D eigenvalue weighted by molar-refractivity contribution is -0.0199. The highest BCUT2D eigenvalue weighted by Gasteiger charge is 2.43. The van der Waals surface area contributed by atoms with Gasteiger partial charge in [0, 0.05) is 23.1 Å². The highest BCUT2D eigenvalue weighted by atomic mass is 16.5. The van der Waals surface area contributed by atoms with Crippen molar-refractivity contribution >= 4 is 11.7 Å². The molecule has 0 saturated heterocycles. The predicted octanol–water partition coefficient (Wildman–Crippen LogP) is 4.66. The van der Waals surface area contributed by atoms with Crippen molar-refractivity contribution in [2.24, 2.45) is 5.10 Å². The second kappa shape index (κ2) is 9.33. The molecule has 9 heteroatoms. The average Bonchev–Trinajstić information content (AvgIpc) is 3.37. The minimum Gasteiger partial charge on any atom is -0.493 e. The van der Waals surface area contributed by atoms with E-state index in [0.717, 1.165) is 16.8 Å². The number of benzene rings is 3. The van der Waals surface area contributed by atoms with E-state index >= 15 is 0 Å². The first-order valence-electron chi connectivity index (χ1n) is 11.3. The molecule has 2 unspecified atom stereocenters. The van der Waals surface area contributed by atoms with Gasteiger partial charge in [0.1, 0.15) is 11.3 Å². The molecule has 0 saturated carbocycles. The third-order valence-corrected chi connectivity index (χ3v) is 6.47. The quantitative estimate of drug-likeness (QED) is 0.511. The van der Waals surface area contributed by atoms with Gasteiger partial charge in [-0.05, 0) is 36.4 Å². The van der Waals surface area contributed by atoms with E-state index in [1.54, 1.807) is 26.4 Å². The molecule has 0 spiro atoms. The van der Waals surface area contributed by atoms with Crippen molar-refractivity contribution in [3.63, 3.8) is 0 Å². The van der Waals surface area contributed by atoms with Crippen LogP contribution >= 0.6 is 0 Å². The smallest absolute Gasteiger partial charge is 0.340 e.